The zero-order chi connectivity index (χ0) is 14.8. The topological polar surface area (TPSA) is 79.5 Å². The van der Waals surface area contributed by atoms with Crippen LogP contribution in [0.15, 0.2) is 44.1 Å². The maximum absolute atomic E-state index is 12.2. The van der Waals surface area contributed by atoms with E-state index in [0.29, 0.717) is 15.8 Å². The van der Waals surface area contributed by atoms with Crippen LogP contribution >= 0.6 is 15.9 Å². The van der Waals surface area contributed by atoms with Crippen molar-refractivity contribution >= 4 is 26.0 Å². The highest BCUT2D eigenvalue weighted by Gasteiger charge is 2.18. The monoisotopic (exact) mass is 359 g/mol. The highest BCUT2D eigenvalue weighted by molar-refractivity contribution is 9.10. The van der Waals surface area contributed by atoms with Gasteiger partial charge in [0.15, 0.2) is 0 Å². The van der Waals surface area contributed by atoms with Crippen molar-refractivity contribution in [1.82, 2.24) is 4.72 Å². The van der Waals surface area contributed by atoms with E-state index in [1.165, 1.54) is 6.07 Å². The van der Waals surface area contributed by atoms with Gasteiger partial charge >= 0.3 is 0 Å². The zero-order valence-corrected chi connectivity index (χ0v) is 13.2. The van der Waals surface area contributed by atoms with Crippen molar-refractivity contribution < 1.29 is 17.9 Å². The van der Waals surface area contributed by atoms with Gasteiger partial charge in [0.05, 0.1) is 18.0 Å². The smallest absolute Gasteiger partial charge is 0.242 e. The second-order valence-electron chi connectivity index (χ2n) is 4.26. The third-order valence-corrected chi connectivity index (χ3v) is 5.08. The third kappa shape index (κ3) is 3.49. The second-order valence-corrected chi connectivity index (χ2v) is 6.85. The second kappa shape index (κ2) is 6.09. The van der Waals surface area contributed by atoms with E-state index in [1.54, 1.807) is 31.2 Å². The number of hydrogen-bond donors (Lipinski definition) is 2. The van der Waals surface area contributed by atoms with Crippen LogP contribution in [0, 0.1) is 6.92 Å². The normalized spacial score (nSPS) is 11.8. The predicted molar refractivity (Wildman–Crippen MR) is 77.5 cm³/mol. The minimum Gasteiger partial charge on any atom is -0.465 e. The molecule has 2 aromatic rings. The van der Waals surface area contributed by atoms with E-state index in [-0.39, 0.29) is 18.0 Å². The van der Waals surface area contributed by atoms with Crippen LogP contribution in [0.25, 0.3) is 0 Å². The number of aliphatic hydroxyl groups excluding tert-OH is 1. The summed E-state index contributed by atoms with van der Waals surface area (Å²) in [7, 11) is -3.64. The summed E-state index contributed by atoms with van der Waals surface area (Å²) in [6.07, 6.45) is 0. The van der Waals surface area contributed by atoms with E-state index in [0.717, 1.165) is 5.76 Å². The average molecular weight is 360 g/mol. The molecule has 2 N–H and O–H groups in total. The SMILES string of the molecule is Cc1ccc(CNS(=O)(=O)c2ccc(CO)cc2Br)o1. The van der Waals surface area contributed by atoms with Crippen molar-refractivity contribution in [2.75, 3.05) is 0 Å². The van der Waals surface area contributed by atoms with Crippen LogP contribution in [-0.4, -0.2) is 13.5 Å². The van der Waals surface area contributed by atoms with Gasteiger partial charge in [-0.05, 0) is 52.7 Å². The molecule has 0 radical (unpaired) electrons. The van der Waals surface area contributed by atoms with Crippen LogP contribution in [0.3, 0.4) is 0 Å². The first-order chi connectivity index (χ1) is 9.42. The summed E-state index contributed by atoms with van der Waals surface area (Å²) >= 11 is 3.20. The highest BCUT2D eigenvalue weighted by Crippen LogP contribution is 2.23. The fourth-order valence-electron chi connectivity index (χ4n) is 1.68. The van der Waals surface area contributed by atoms with Gasteiger partial charge in [0.25, 0.3) is 0 Å². The number of halogens is 1. The number of aliphatic hydroxyl groups is 1. The Morgan fingerprint density at radius 2 is 2.05 bits per heavy atom. The van der Waals surface area contributed by atoms with Crippen molar-refractivity contribution in [2.24, 2.45) is 0 Å². The molecule has 1 heterocycles. The van der Waals surface area contributed by atoms with E-state index in [4.69, 9.17) is 9.52 Å². The minimum absolute atomic E-state index is 0.0877. The number of furan rings is 1. The maximum atomic E-state index is 12.2. The summed E-state index contributed by atoms with van der Waals surface area (Å²) in [5, 5.41) is 9.01. The summed E-state index contributed by atoms with van der Waals surface area (Å²) in [6, 6.07) is 8.09. The van der Waals surface area contributed by atoms with Crippen LogP contribution < -0.4 is 4.72 Å². The van der Waals surface area contributed by atoms with Gasteiger partial charge in [0, 0.05) is 4.47 Å². The van der Waals surface area contributed by atoms with E-state index >= 15 is 0 Å². The number of rotatable bonds is 5. The molecule has 0 aliphatic carbocycles. The molecule has 0 saturated heterocycles. The standard InChI is InChI=1S/C13H14BrNO4S/c1-9-2-4-11(19-9)7-15-20(17,18)13-5-3-10(8-16)6-12(13)14/h2-6,15-16H,7-8H2,1H3. The molecule has 0 unspecified atom stereocenters. The summed E-state index contributed by atoms with van der Waals surface area (Å²) in [4.78, 5) is 0.123. The Kier molecular flexibility index (Phi) is 4.64. The molecular weight excluding hydrogens is 346 g/mol. The van der Waals surface area contributed by atoms with Crippen molar-refractivity contribution in [1.29, 1.82) is 0 Å². The van der Waals surface area contributed by atoms with Gasteiger partial charge in [-0.2, -0.15) is 0 Å². The molecule has 5 nitrogen and oxygen atoms in total. The molecule has 2 rings (SSSR count). The van der Waals surface area contributed by atoms with E-state index < -0.39 is 10.0 Å². The first-order valence-corrected chi connectivity index (χ1v) is 8.14. The summed E-state index contributed by atoms with van der Waals surface area (Å²) in [5.41, 5.74) is 0.637. The van der Waals surface area contributed by atoms with Crippen LogP contribution in [-0.2, 0) is 23.2 Å². The van der Waals surface area contributed by atoms with Crippen LogP contribution in [0.4, 0.5) is 0 Å². The lowest BCUT2D eigenvalue weighted by atomic mass is 10.2. The summed E-state index contributed by atoms with van der Waals surface area (Å²) < 4.78 is 32.6. The van der Waals surface area contributed by atoms with Crippen LogP contribution in [0.1, 0.15) is 17.1 Å². The van der Waals surface area contributed by atoms with E-state index in [9.17, 15) is 8.42 Å². The Bertz CT molecular complexity index is 709. The molecule has 108 valence electrons. The van der Waals surface area contributed by atoms with Gasteiger partial charge in [0.2, 0.25) is 10.0 Å². The minimum atomic E-state index is -3.64. The number of hydrogen-bond acceptors (Lipinski definition) is 4. The third-order valence-electron chi connectivity index (χ3n) is 2.70. The van der Waals surface area contributed by atoms with Crippen molar-refractivity contribution in [3.8, 4) is 0 Å². The molecule has 0 aliphatic heterocycles. The molecule has 1 aromatic carbocycles. The number of nitrogens with one attached hydrogen (secondary N) is 1. The molecule has 0 saturated carbocycles. The van der Waals surface area contributed by atoms with E-state index in [1.807, 2.05) is 0 Å². The summed E-state index contributed by atoms with van der Waals surface area (Å²) in [6.45, 7) is 1.74. The zero-order valence-electron chi connectivity index (χ0n) is 10.8. The first kappa shape index (κ1) is 15.2. The highest BCUT2D eigenvalue weighted by atomic mass is 79.9. The fraction of sp³-hybridized carbons (Fsp3) is 0.231. The number of benzene rings is 1. The van der Waals surface area contributed by atoms with Gasteiger partial charge in [0.1, 0.15) is 11.5 Å². The van der Waals surface area contributed by atoms with Crippen LogP contribution in [0.2, 0.25) is 0 Å². The molecule has 0 aliphatic rings. The molecule has 0 fully saturated rings. The molecule has 0 atom stereocenters. The molecule has 0 amide bonds. The Labute approximate surface area is 125 Å². The fourth-order valence-corrected chi connectivity index (χ4v) is 3.80. The van der Waals surface area contributed by atoms with Crippen LogP contribution in [0.5, 0.6) is 0 Å². The van der Waals surface area contributed by atoms with Gasteiger partial charge in [-0.3, -0.25) is 0 Å². The van der Waals surface area contributed by atoms with Crippen molar-refractivity contribution in [3.05, 3.63) is 51.9 Å². The molecule has 20 heavy (non-hydrogen) atoms. The van der Waals surface area contributed by atoms with Crippen molar-refractivity contribution in [3.63, 3.8) is 0 Å². The first-order valence-electron chi connectivity index (χ1n) is 5.86. The van der Waals surface area contributed by atoms with Crippen molar-refractivity contribution in [2.45, 2.75) is 25.0 Å². The Hall–Kier alpha value is -1.15. The summed E-state index contributed by atoms with van der Waals surface area (Å²) in [5.74, 6) is 1.28. The molecule has 0 bridgehead atoms. The lowest BCUT2D eigenvalue weighted by molar-refractivity contribution is 0.281. The molecule has 1 aromatic heterocycles. The maximum Gasteiger partial charge on any atom is 0.242 e. The Morgan fingerprint density at radius 1 is 1.30 bits per heavy atom. The molecule has 0 spiro atoms. The number of aryl methyl sites for hydroxylation is 1. The molecular formula is C13H14BrNO4S. The number of sulfonamides is 1. The van der Waals surface area contributed by atoms with Gasteiger partial charge in [-0.25, -0.2) is 13.1 Å². The van der Waals surface area contributed by atoms with Gasteiger partial charge in [-0.1, -0.05) is 6.07 Å². The Balaban J connectivity index is 2.18. The largest absolute Gasteiger partial charge is 0.465 e. The predicted octanol–water partition coefficient (Wildman–Crippen LogP) is 2.32. The van der Waals surface area contributed by atoms with Gasteiger partial charge in [-0.15, -0.1) is 0 Å². The van der Waals surface area contributed by atoms with Gasteiger partial charge < -0.3 is 9.52 Å². The Morgan fingerprint density at radius 3 is 2.60 bits per heavy atom. The quantitative estimate of drug-likeness (QED) is 0.858. The molecule has 7 heteroatoms. The lowest BCUT2D eigenvalue weighted by Crippen LogP contribution is -2.23. The van der Waals surface area contributed by atoms with E-state index in [2.05, 4.69) is 20.7 Å². The lowest BCUT2D eigenvalue weighted by Gasteiger charge is -2.08. The average Bonchev–Trinajstić information content (AvgIpc) is 2.82.